The highest BCUT2D eigenvalue weighted by atomic mass is 15.0. The van der Waals surface area contributed by atoms with E-state index in [-0.39, 0.29) is 0 Å². The van der Waals surface area contributed by atoms with Gasteiger partial charge in [0.2, 0.25) is 0 Å². The summed E-state index contributed by atoms with van der Waals surface area (Å²) in [6.45, 7) is 14.6. The van der Waals surface area contributed by atoms with Gasteiger partial charge in [0.05, 0.1) is 11.0 Å². The maximum Gasteiger partial charge on any atom is 0.0541 e. The molecule has 0 unspecified atom stereocenters. The number of aryl methyl sites for hydroxylation is 3. The van der Waals surface area contributed by atoms with Crippen molar-refractivity contribution in [1.82, 2.24) is 4.57 Å². The molecule has 0 fully saturated rings. The summed E-state index contributed by atoms with van der Waals surface area (Å²) in [5.74, 6) is 0. The molecule has 7 rings (SSSR count). The van der Waals surface area contributed by atoms with Gasteiger partial charge in [-0.2, -0.15) is 0 Å². The monoisotopic (exact) mass is 625 g/mol. The molecule has 0 N–H and O–H groups in total. The Morgan fingerprint density at radius 2 is 1.17 bits per heavy atom. The summed E-state index contributed by atoms with van der Waals surface area (Å²) in [6.07, 6.45) is 8.20. The maximum absolute atomic E-state index is 3.92. The second-order valence-corrected chi connectivity index (χ2v) is 12.2. The van der Waals surface area contributed by atoms with Gasteiger partial charge >= 0.3 is 0 Å². The molecule has 240 valence electrons. The minimum Gasteiger partial charge on any atom is -0.309 e. The quantitative estimate of drug-likeness (QED) is 0.162. The van der Waals surface area contributed by atoms with Gasteiger partial charge in [-0.1, -0.05) is 134 Å². The third-order valence-electron chi connectivity index (χ3n) is 8.64. The van der Waals surface area contributed by atoms with Crippen molar-refractivity contribution in [3.05, 3.63) is 187 Å². The highest BCUT2D eigenvalue weighted by Crippen LogP contribution is 2.37. The number of aromatic nitrogens is 1. The second-order valence-electron chi connectivity index (χ2n) is 12.2. The van der Waals surface area contributed by atoms with E-state index in [1.165, 1.54) is 72.0 Å². The lowest BCUT2D eigenvalue weighted by molar-refractivity contribution is 1.18. The number of hydrogen-bond acceptors (Lipinski definition) is 0. The molecule has 1 nitrogen and oxygen atoms in total. The number of rotatable bonds is 6. The fourth-order valence-electron chi connectivity index (χ4n) is 6.12. The number of nitrogens with zero attached hydrogens (tertiary/aromatic N) is 1. The molecule has 0 bridgehead atoms. The van der Waals surface area contributed by atoms with Gasteiger partial charge in [-0.05, 0) is 116 Å². The van der Waals surface area contributed by atoms with Crippen LogP contribution in [0.2, 0.25) is 0 Å². The Morgan fingerprint density at radius 3 is 1.79 bits per heavy atom. The Morgan fingerprint density at radius 1 is 0.583 bits per heavy atom. The van der Waals surface area contributed by atoms with E-state index in [0.717, 1.165) is 12.8 Å². The summed E-state index contributed by atoms with van der Waals surface area (Å²) in [5.41, 5.74) is 13.9. The predicted molar refractivity (Wildman–Crippen MR) is 211 cm³/mol. The van der Waals surface area contributed by atoms with Crippen molar-refractivity contribution in [2.45, 2.75) is 47.5 Å². The van der Waals surface area contributed by atoms with Gasteiger partial charge in [0.25, 0.3) is 0 Å². The Labute approximate surface area is 287 Å². The Balaban J connectivity index is 0.000000319. The summed E-state index contributed by atoms with van der Waals surface area (Å²) in [4.78, 5) is 0. The SMILES string of the molecule is C/C=C\CC.C=CCc1ccc(C)c(-c2cc(-c3ccc4c(c3)c3ccccc3n4-c3ccccc3)ccc2C)c1.Cc1ccccc1. The zero-order chi connectivity index (χ0) is 33.9. The molecular weight excluding hydrogens is 579 g/mol. The van der Waals surface area contributed by atoms with Gasteiger partial charge in [0, 0.05) is 16.5 Å². The molecule has 0 radical (unpaired) electrons. The van der Waals surface area contributed by atoms with Crippen molar-refractivity contribution in [3.8, 4) is 27.9 Å². The number of allylic oxidation sites excluding steroid dienone is 3. The van der Waals surface area contributed by atoms with E-state index in [4.69, 9.17) is 0 Å². The summed E-state index contributed by atoms with van der Waals surface area (Å²) in [7, 11) is 0. The van der Waals surface area contributed by atoms with E-state index in [0.29, 0.717) is 0 Å². The molecule has 7 aromatic rings. The first-order chi connectivity index (χ1) is 23.4. The lowest BCUT2D eigenvalue weighted by Gasteiger charge is -2.14. The molecule has 1 heteroatoms. The predicted octanol–water partition coefficient (Wildman–Crippen LogP) is 13.4. The van der Waals surface area contributed by atoms with Crippen LogP contribution in [0.15, 0.2) is 164 Å². The van der Waals surface area contributed by atoms with Gasteiger partial charge in [-0.25, -0.2) is 0 Å². The van der Waals surface area contributed by atoms with Gasteiger partial charge in [0.15, 0.2) is 0 Å². The molecule has 0 spiro atoms. The molecule has 0 atom stereocenters. The van der Waals surface area contributed by atoms with E-state index in [2.05, 4.69) is 172 Å². The highest BCUT2D eigenvalue weighted by Gasteiger charge is 2.14. The zero-order valence-electron chi connectivity index (χ0n) is 29.1. The van der Waals surface area contributed by atoms with Crippen LogP contribution in [-0.2, 0) is 6.42 Å². The topological polar surface area (TPSA) is 4.93 Å². The normalized spacial score (nSPS) is 10.8. The van der Waals surface area contributed by atoms with Crippen LogP contribution in [0.3, 0.4) is 0 Å². The van der Waals surface area contributed by atoms with E-state index >= 15 is 0 Å². The minimum atomic E-state index is 0.883. The largest absolute Gasteiger partial charge is 0.309 e. The van der Waals surface area contributed by atoms with Gasteiger partial charge in [0.1, 0.15) is 0 Å². The minimum absolute atomic E-state index is 0.883. The summed E-state index contributed by atoms with van der Waals surface area (Å²) in [6, 6.07) is 50.1. The van der Waals surface area contributed by atoms with E-state index in [1.807, 2.05) is 31.2 Å². The van der Waals surface area contributed by atoms with Gasteiger partial charge in [-0.15, -0.1) is 6.58 Å². The standard InChI is InChI=1S/C35H29N.C7H8.C5H10/c1-4-10-26-17-15-24(2)31(21-26)32-22-27(18-16-25(32)3)28-19-20-35-33(23-28)30-13-8-9-14-34(30)36(35)29-11-6-5-7-12-29;1-7-5-3-2-4-6-7;1-3-5-4-2/h4-9,11-23H,1,10H2,2-3H3;2-6H,1H3;3,5H,4H2,1-2H3/b;;5-3-. The molecule has 0 aliphatic carbocycles. The first kappa shape index (κ1) is 33.9. The molecule has 1 heterocycles. The van der Waals surface area contributed by atoms with Crippen molar-refractivity contribution in [2.24, 2.45) is 0 Å². The number of para-hydroxylation sites is 2. The van der Waals surface area contributed by atoms with E-state index < -0.39 is 0 Å². The first-order valence-electron chi connectivity index (χ1n) is 17.0. The summed E-state index contributed by atoms with van der Waals surface area (Å²) < 4.78 is 2.36. The molecule has 0 aliphatic rings. The van der Waals surface area contributed by atoms with Crippen LogP contribution in [0.1, 0.15) is 42.5 Å². The molecular formula is C47H47N. The smallest absolute Gasteiger partial charge is 0.0541 e. The van der Waals surface area contributed by atoms with Crippen molar-refractivity contribution in [3.63, 3.8) is 0 Å². The second kappa shape index (κ2) is 16.4. The first-order valence-corrected chi connectivity index (χ1v) is 17.0. The molecule has 0 saturated heterocycles. The molecule has 6 aromatic carbocycles. The third-order valence-corrected chi connectivity index (χ3v) is 8.64. The van der Waals surface area contributed by atoms with Crippen LogP contribution in [0, 0.1) is 20.8 Å². The van der Waals surface area contributed by atoms with Crippen LogP contribution < -0.4 is 0 Å². The fourth-order valence-corrected chi connectivity index (χ4v) is 6.12. The average Bonchev–Trinajstić information content (AvgIpc) is 3.45. The zero-order valence-corrected chi connectivity index (χ0v) is 29.1. The average molecular weight is 626 g/mol. The molecule has 0 saturated carbocycles. The van der Waals surface area contributed by atoms with Gasteiger partial charge in [-0.3, -0.25) is 0 Å². The van der Waals surface area contributed by atoms with Crippen molar-refractivity contribution in [2.75, 3.05) is 0 Å². The highest BCUT2D eigenvalue weighted by molar-refractivity contribution is 6.10. The van der Waals surface area contributed by atoms with Crippen molar-refractivity contribution in [1.29, 1.82) is 0 Å². The third kappa shape index (κ3) is 7.93. The van der Waals surface area contributed by atoms with Crippen LogP contribution >= 0.6 is 0 Å². The summed E-state index contributed by atoms with van der Waals surface area (Å²) >= 11 is 0. The Kier molecular flexibility index (Phi) is 11.6. The number of benzene rings is 6. The Bertz CT molecular complexity index is 2130. The van der Waals surface area contributed by atoms with E-state index in [1.54, 1.807) is 0 Å². The van der Waals surface area contributed by atoms with Crippen LogP contribution in [0.4, 0.5) is 0 Å². The lowest BCUT2D eigenvalue weighted by atomic mass is 9.91. The maximum atomic E-state index is 3.92. The lowest BCUT2D eigenvalue weighted by Crippen LogP contribution is -1.93. The molecule has 0 amide bonds. The van der Waals surface area contributed by atoms with E-state index in [9.17, 15) is 0 Å². The molecule has 0 aliphatic heterocycles. The Hall–Kier alpha value is -5.40. The molecule has 1 aromatic heterocycles. The number of hydrogen-bond donors (Lipinski definition) is 0. The van der Waals surface area contributed by atoms with Crippen LogP contribution in [-0.4, -0.2) is 4.57 Å². The summed E-state index contributed by atoms with van der Waals surface area (Å²) in [5, 5.41) is 2.55. The van der Waals surface area contributed by atoms with Crippen molar-refractivity contribution >= 4 is 21.8 Å². The number of fused-ring (bicyclic) bond motifs is 3. The van der Waals surface area contributed by atoms with Crippen LogP contribution in [0.5, 0.6) is 0 Å². The van der Waals surface area contributed by atoms with Crippen molar-refractivity contribution < 1.29 is 0 Å². The fraction of sp³-hybridized carbons (Fsp3) is 0.149. The van der Waals surface area contributed by atoms with Crippen LogP contribution in [0.25, 0.3) is 49.7 Å². The molecule has 48 heavy (non-hydrogen) atoms. The van der Waals surface area contributed by atoms with Gasteiger partial charge < -0.3 is 4.57 Å².